The normalized spacial score (nSPS) is 16.5. The maximum atomic E-state index is 12.6. The highest BCUT2D eigenvalue weighted by molar-refractivity contribution is 5.73. The van der Waals surface area contributed by atoms with E-state index in [4.69, 9.17) is 4.74 Å². The molecule has 1 aliphatic rings. The lowest BCUT2D eigenvalue weighted by Gasteiger charge is -2.26. The van der Waals surface area contributed by atoms with Crippen LogP contribution in [0.3, 0.4) is 0 Å². The van der Waals surface area contributed by atoms with Crippen molar-refractivity contribution in [3.63, 3.8) is 0 Å². The van der Waals surface area contributed by atoms with Crippen molar-refractivity contribution in [3.8, 4) is 0 Å². The molecule has 0 atom stereocenters. The Balaban J connectivity index is 1.65. The summed E-state index contributed by atoms with van der Waals surface area (Å²) in [5.41, 5.74) is 0.761. The van der Waals surface area contributed by atoms with Gasteiger partial charge in [0.25, 0.3) is 5.56 Å². The number of nitrogens with zero attached hydrogens (tertiary/aromatic N) is 5. The minimum atomic E-state index is -0.0257. The van der Waals surface area contributed by atoms with Crippen LogP contribution in [-0.4, -0.2) is 57.4 Å². The Morgan fingerprint density at radius 2 is 2.14 bits per heavy atom. The number of fused-ring (bicyclic) bond motifs is 3. The molecule has 1 saturated heterocycles. The molecule has 22 heavy (non-hydrogen) atoms. The molecule has 0 spiro atoms. The monoisotopic (exact) mass is 301 g/mol. The molecule has 0 aromatic carbocycles. The van der Waals surface area contributed by atoms with Crippen LogP contribution in [0.1, 0.15) is 0 Å². The number of rotatable bonds is 3. The van der Waals surface area contributed by atoms with Crippen molar-refractivity contribution in [1.29, 1.82) is 0 Å². The van der Waals surface area contributed by atoms with Crippen LogP contribution >= 0.6 is 0 Å². The fraction of sp³-hybridized carbons (Fsp3) is 0.429. The predicted molar refractivity (Wildman–Crippen MR) is 78.6 cm³/mol. The number of ether oxygens (including phenoxy) is 1. The third-order valence-electron chi connectivity index (χ3n) is 4.06. The standard InChI is InChI=1S/C14H16N6O2/c21-13-11-9-15-14-16-10-17-20(14)12(11)1-2-19(13)4-3-18-5-7-22-8-6-18/h1-2,9-10H,3-8H2/p+1. The van der Waals surface area contributed by atoms with Crippen LogP contribution in [0.4, 0.5) is 0 Å². The number of nitrogens with one attached hydrogen (secondary N) is 1. The Hall–Kier alpha value is -2.32. The van der Waals surface area contributed by atoms with Gasteiger partial charge in [-0.15, -0.1) is 4.52 Å². The van der Waals surface area contributed by atoms with Gasteiger partial charge in [0, 0.05) is 32.4 Å². The zero-order chi connectivity index (χ0) is 14.9. The van der Waals surface area contributed by atoms with E-state index < -0.39 is 0 Å². The molecule has 114 valence electrons. The predicted octanol–water partition coefficient (Wildman–Crippen LogP) is -0.809. The van der Waals surface area contributed by atoms with E-state index in [9.17, 15) is 4.79 Å². The van der Waals surface area contributed by atoms with Gasteiger partial charge in [-0.2, -0.15) is 0 Å². The zero-order valence-electron chi connectivity index (χ0n) is 12.1. The van der Waals surface area contributed by atoms with Gasteiger partial charge >= 0.3 is 5.78 Å². The summed E-state index contributed by atoms with van der Waals surface area (Å²) in [7, 11) is 0. The minimum absolute atomic E-state index is 0.0257. The summed E-state index contributed by atoms with van der Waals surface area (Å²) < 4.78 is 8.79. The molecule has 8 heteroatoms. The summed E-state index contributed by atoms with van der Waals surface area (Å²) >= 11 is 0. The van der Waals surface area contributed by atoms with E-state index in [2.05, 4.69) is 20.0 Å². The van der Waals surface area contributed by atoms with Gasteiger partial charge in [0.1, 0.15) is 17.1 Å². The molecule has 0 radical (unpaired) electrons. The number of aromatic amines is 1. The van der Waals surface area contributed by atoms with Crippen molar-refractivity contribution in [1.82, 2.24) is 24.5 Å². The molecule has 1 fully saturated rings. The molecule has 0 aliphatic carbocycles. The summed E-state index contributed by atoms with van der Waals surface area (Å²) in [4.78, 5) is 23.2. The number of pyridine rings is 1. The highest BCUT2D eigenvalue weighted by Crippen LogP contribution is 2.04. The molecule has 4 rings (SSSR count). The van der Waals surface area contributed by atoms with Crippen molar-refractivity contribution in [2.75, 3.05) is 32.8 Å². The quantitative estimate of drug-likeness (QED) is 0.640. The van der Waals surface area contributed by atoms with E-state index >= 15 is 0 Å². The van der Waals surface area contributed by atoms with E-state index in [0.717, 1.165) is 38.4 Å². The molecule has 3 aromatic heterocycles. The Kier molecular flexibility index (Phi) is 3.32. The summed E-state index contributed by atoms with van der Waals surface area (Å²) in [6.07, 6.45) is 4.99. The van der Waals surface area contributed by atoms with Crippen molar-refractivity contribution < 1.29 is 9.25 Å². The van der Waals surface area contributed by atoms with Gasteiger partial charge < -0.3 is 9.30 Å². The number of aromatic nitrogens is 5. The lowest BCUT2D eigenvalue weighted by Crippen LogP contribution is -2.39. The van der Waals surface area contributed by atoms with Gasteiger partial charge in [-0.1, -0.05) is 9.97 Å². The first-order valence-corrected chi connectivity index (χ1v) is 7.36. The van der Waals surface area contributed by atoms with Crippen LogP contribution < -0.4 is 10.1 Å². The van der Waals surface area contributed by atoms with Crippen LogP contribution in [0.2, 0.25) is 0 Å². The molecule has 3 aromatic rings. The zero-order valence-corrected chi connectivity index (χ0v) is 12.1. The molecule has 1 aliphatic heterocycles. The van der Waals surface area contributed by atoms with E-state index in [0.29, 0.717) is 17.7 Å². The first kappa shape index (κ1) is 13.4. The van der Waals surface area contributed by atoms with Crippen molar-refractivity contribution in [2.45, 2.75) is 6.54 Å². The van der Waals surface area contributed by atoms with Crippen LogP contribution in [0.15, 0.2) is 29.6 Å². The van der Waals surface area contributed by atoms with E-state index in [-0.39, 0.29) is 5.56 Å². The second-order valence-electron chi connectivity index (χ2n) is 5.35. The smallest absolute Gasteiger partial charge is 0.379 e. The highest BCUT2D eigenvalue weighted by Gasteiger charge is 2.15. The lowest BCUT2D eigenvalue weighted by atomic mass is 10.3. The van der Waals surface area contributed by atoms with Crippen molar-refractivity contribution in [2.24, 2.45) is 0 Å². The largest absolute Gasteiger partial charge is 0.457 e. The summed E-state index contributed by atoms with van der Waals surface area (Å²) in [6.45, 7) is 4.90. The van der Waals surface area contributed by atoms with Crippen LogP contribution in [-0.2, 0) is 11.3 Å². The molecule has 0 saturated carbocycles. The number of morpholine rings is 1. The van der Waals surface area contributed by atoms with Crippen LogP contribution in [0, 0.1) is 0 Å². The van der Waals surface area contributed by atoms with Gasteiger partial charge in [0.05, 0.1) is 13.2 Å². The SMILES string of the molecule is O=c1c2cnc3nc[nH][n+]3c2ccn1CCN1CCOCC1. The Bertz CT molecular complexity index is 865. The summed E-state index contributed by atoms with van der Waals surface area (Å²) in [6, 6.07) is 1.92. The van der Waals surface area contributed by atoms with Gasteiger partial charge in [0.15, 0.2) is 6.33 Å². The number of H-pyrrole nitrogens is 1. The van der Waals surface area contributed by atoms with Crippen molar-refractivity contribution in [3.05, 3.63) is 35.1 Å². The molecule has 1 N–H and O–H groups in total. The fourth-order valence-corrected chi connectivity index (χ4v) is 2.80. The third kappa shape index (κ3) is 2.26. The van der Waals surface area contributed by atoms with Crippen LogP contribution in [0.5, 0.6) is 0 Å². The average Bonchev–Trinajstić information content (AvgIpc) is 3.04. The van der Waals surface area contributed by atoms with Gasteiger partial charge in [-0.05, 0) is 6.07 Å². The summed E-state index contributed by atoms with van der Waals surface area (Å²) in [5.74, 6) is 0.554. The van der Waals surface area contributed by atoms with Crippen LogP contribution in [0.25, 0.3) is 16.7 Å². The maximum Gasteiger partial charge on any atom is 0.457 e. The number of hydrogen-bond acceptors (Lipinski definition) is 5. The first-order valence-electron chi connectivity index (χ1n) is 7.36. The van der Waals surface area contributed by atoms with E-state index in [1.165, 1.54) is 0 Å². The average molecular weight is 301 g/mol. The lowest BCUT2D eigenvalue weighted by molar-refractivity contribution is -0.551. The Morgan fingerprint density at radius 1 is 1.27 bits per heavy atom. The second kappa shape index (κ2) is 5.47. The van der Waals surface area contributed by atoms with Gasteiger partial charge in [-0.3, -0.25) is 9.69 Å². The molecule has 4 heterocycles. The molecule has 8 nitrogen and oxygen atoms in total. The fourth-order valence-electron chi connectivity index (χ4n) is 2.80. The first-order chi connectivity index (χ1) is 10.8. The second-order valence-corrected chi connectivity index (χ2v) is 5.35. The Morgan fingerprint density at radius 3 is 3.00 bits per heavy atom. The molecule has 0 amide bonds. The third-order valence-corrected chi connectivity index (χ3v) is 4.06. The highest BCUT2D eigenvalue weighted by atomic mass is 16.5. The number of hydrogen-bond donors (Lipinski definition) is 1. The van der Waals surface area contributed by atoms with Gasteiger partial charge in [-0.25, -0.2) is 5.10 Å². The Labute approximate surface area is 126 Å². The molecular formula is C14H17N6O2+. The van der Waals surface area contributed by atoms with Gasteiger partial charge in [0.2, 0.25) is 0 Å². The van der Waals surface area contributed by atoms with Crippen molar-refractivity contribution >= 4 is 16.7 Å². The topological polar surface area (TPSA) is 80.1 Å². The maximum absolute atomic E-state index is 12.6. The minimum Gasteiger partial charge on any atom is -0.379 e. The molecule has 0 bridgehead atoms. The molecular weight excluding hydrogens is 284 g/mol. The summed E-state index contributed by atoms with van der Waals surface area (Å²) in [5, 5.41) is 3.55. The van der Waals surface area contributed by atoms with E-state index in [1.54, 1.807) is 21.6 Å². The van der Waals surface area contributed by atoms with E-state index in [1.807, 2.05) is 12.3 Å². The molecule has 0 unspecified atom stereocenters.